The van der Waals surface area contributed by atoms with E-state index in [1.165, 1.54) is 28.7 Å². The number of hydrogen-bond acceptors (Lipinski definition) is 2. The van der Waals surface area contributed by atoms with Gasteiger partial charge in [-0.15, -0.1) is 0 Å². The van der Waals surface area contributed by atoms with Crippen LogP contribution in [0.2, 0.25) is 0 Å². The second-order valence-electron chi connectivity index (χ2n) is 9.91. The van der Waals surface area contributed by atoms with Crippen molar-refractivity contribution in [2.75, 3.05) is 0 Å². The Balaban J connectivity index is 1.44. The van der Waals surface area contributed by atoms with E-state index < -0.39 is 5.60 Å². The molecular weight excluding hydrogens is 356 g/mol. The lowest BCUT2D eigenvalue weighted by Gasteiger charge is -2.52. The van der Waals surface area contributed by atoms with Gasteiger partial charge in [0.25, 0.3) is 0 Å². The average Bonchev–Trinajstić information content (AvgIpc) is 2.98. The number of aryl methyl sites for hydroxylation is 2. The molecule has 0 aliphatic heterocycles. The van der Waals surface area contributed by atoms with Crippen molar-refractivity contribution in [1.82, 2.24) is 0 Å². The summed E-state index contributed by atoms with van der Waals surface area (Å²) < 4.78 is 0. The number of benzene rings is 2. The third kappa shape index (κ3) is 2.87. The van der Waals surface area contributed by atoms with Gasteiger partial charge in [0.2, 0.25) is 0 Å². The molecule has 0 aromatic heterocycles. The molecule has 2 saturated carbocycles. The van der Waals surface area contributed by atoms with E-state index in [0.29, 0.717) is 23.5 Å². The van der Waals surface area contributed by atoms with E-state index in [1.807, 2.05) is 12.1 Å². The molecule has 2 heteroatoms. The average molecular weight is 389 g/mol. The fraction of sp³-hybridized carbons (Fsp3) is 0.481. The lowest BCUT2D eigenvalue weighted by atomic mass is 9.53. The molecule has 2 nitrogen and oxygen atoms in total. The Hall–Kier alpha value is -2.06. The van der Waals surface area contributed by atoms with Gasteiger partial charge in [0.15, 0.2) is 0 Å². The van der Waals surface area contributed by atoms with Crippen molar-refractivity contribution in [3.8, 4) is 5.75 Å². The Labute approximate surface area is 174 Å². The molecule has 3 aliphatic carbocycles. The van der Waals surface area contributed by atoms with Crippen LogP contribution in [0, 0.1) is 24.2 Å². The molecule has 0 radical (unpaired) electrons. The molecule has 2 aromatic rings. The molecule has 0 spiro atoms. The Morgan fingerprint density at radius 2 is 1.86 bits per heavy atom. The molecule has 152 valence electrons. The van der Waals surface area contributed by atoms with Crippen LogP contribution in [0.4, 0.5) is 0 Å². The minimum Gasteiger partial charge on any atom is -0.508 e. The van der Waals surface area contributed by atoms with Crippen molar-refractivity contribution in [3.05, 3.63) is 70.8 Å². The van der Waals surface area contributed by atoms with Gasteiger partial charge in [-0.25, -0.2) is 0 Å². The zero-order chi connectivity index (χ0) is 20.2. The Kier molecular flexibility index (Phi) is 4.40. The number of phenolic OH excluding ortho intramolecular Hbond substituents is 1. The predicted molar refractivity (Wildman–Crippen MR) is 118 cm³/mol. The Morgan fingerprint density at radius 3 is 2.69 bits per heavy atom. The molecule has 2 N–H and O–H groups in total. The topological polar surface area (TPSA) is 40.5 Å². The molecule has 0 amide bonds. The second-order valence-corrected chi connectivity index (χ2v) is 9.91. The first-order valence-electron chi connectivity index (χ1n) is 11.2. The molecule has 0 unspecified atom stereocenters. The molecule has 5 atom stereocenters. The summed E-state index contributed by atoms with van der Waals surface area (Å²) in [7, 11) is 0. The smallest absolute Gasteiger partial charge is 0.115 e. The van der Waals surface area contributed by atoms with E-state index in [9.17, 15) is 10.2 Å². The van der Waals surface area contributed by atoms with Crippen LogP contribution in [0.1, 0.15) is 67.2 Å². The first-order valence-corrected chi connectivity index (χ1v) is 11.2. The number of aromatic hydroxyl groups is 1. The second kappa shape index (κ2) is 6.74. The summed E-state index contributed by atoms with van der Waals surface area (Å²) in [6, 6.07) is 14.4. The van der Waals surface area contributed by atoms with Crippen molar-refractivity contribution in [2.45, 2.75) is 63.9 Å². The molecule has 2 fully saturated rings. The molecular formula is C27H32O2. The van der Waals surface area contributed by atoms with Gasteiger partial charge in [0.05, 0.1) is 5.60 Å². The minimum absolute atomic E-state index is 0.0538. The van der Waals surface area contributed by atoms with Crippen LogP contribution in [-0.2, 0) is 6.42 Å². The predicted octanol–water partition coefficient (Wildman–Crippen LogP) is 6.00. The Morgan fingerprint density at radius 1 is 1.03 bits per heavy atom. The molecule has 0 bridgehead atoms. The zero-order valence-corrected chi connectivity index (χ0v) is 17.6. The summed E-state index contributed by atoms with van der Waals surface area (Å²) in [6.07, 6.45) is 10.7. The lowest BCUT2D eigenvalue weighted by Crippen LogP contribution is -2.49. The molecule has 0 heterocycles. The molecule has 29 heavy (non-hydrogen) atoms. The van der Waals surface area contributed by atoms with Crippen molar-refractivity contribution >= 4 is 6.08 Å². The first kappa shape index (κ1) is 18.9. The fourth-order valence-corrected chi connectivity index (χ4v) is 6.90. The van der Waals surface area contributed by atoms with Crippen LogP contribution in [0.15, 0.2) is 48.5 Å². The van der Waals surface area contributed by atoms with Crippen molar-refractivity contribution in [3.63, 3.8) is 0 Å². The van der Waals surface area contributed by atoms with E-state index in [0.717, 1.165) is 32.1 Å². The zero-order valence-electron chi connectivity index (χ0n) is 17.6. The maximum atomic E-state index is 11.8. The van der Waals surface area contributed by atoms with Gasteiger partial charge in [-0.2, -0.15) is 0 Å². The van der Waals surface area contributed by atoms with Gasteiger partial charge in [-0.1, -0.05) is 49.4 Å². The number of phenols is 1. The molecule has 2 aromatic carbocycles. The quantitative estimate of drug-likeness (QED) is 0.662. The SMILES string of the molecule is Cc1ccccc1C=C[C@@]1(O)CC[C@H]2[C@@H]3CCc4cc(O)ccc4[C@H]3CC[C@@]21C. The fourth-order valence-electron chi connectivity index (χ4n) is 6.90. The highest BCUT2D eigenvalue weighted by atomic mass is 16.3. The maximum Gasteiger partial charge on any atom is 0.115 e. The molecule has 5 rings (SSSR count). The van der Waals surface area contributed by atoms with Crippen molar-refractivity contribution < 1.29 is 10.2 Å². The van der Waals surface area contributed by atoms with Gasteiger partial charge in [0, 0.05) is 5.41 Å². The summed E-state index contributed by atoms with van der Waals surface area (Å²) in [5.74, 6) is 2.18. The van der Waals surface area contributed by atoms with E-state index in [2.05, 4.69) is 56.3 Å². The van der Waals surface area contributed by atoms with Crippen LogP contribution in [0.5, 0.6) is 5.75 Å². The molecule has 0 saturated heterocycles. The van der Waals surface area contributed by atoms with Gasteiger partial charge >= 0.3 is 0 Å². The van der Waals surface area contributed by atoms with Crippen LogP contribution in [-0.4, -0.2) is 15.8 Å². The van der Waals surface area contributed by atoms with Gasteiger partial charge in [-0.05, 0) is 97.6 Å². The van der Waals surface area contributed by atoms with Gasteiger partial charge in [-0.3, -0.25) is 0 Å². The summed E-state index contributed by atoms with van der Waals surface area (Å²) >= 11 is 0. The van der Waals surface area contributed by atoms with Crippen LogP contribution >= 0.6 is 0 Å². The third-order valence-electron chi connectivity index (χ3n) is 8.65. The van der Waals surface area contributed by atoms with Crippen LogP contribution in [0.3, 0.4) is 0 Å². The van der Waals surface area contributed by atoms with Crippen molar-refractivity contribution in [1.29, 1.82) is 0 Å². The largest absolute Gasteiger partial charge is 0.508 e. The maximum absolute atomic E-state index is 11.8. The summed E-state index contributed by atoms with van der Waals surface area (Å²) in [5.41, 5.74) is 4.47. The number of hydrogen-bond donors (Lipinski definition) is 2. The van der Waals surface area contributed by atoms with E-state index in [4.69, 9.17) is 0 Å². The highest BCUT2D eigenvalue weighted by Gasteiger charge is 2.60. The van der Waals surface area contributed by atoms with Gasteiger partial charge in [0.1, 0.15) is 5.75 Å². The van der Waals surface area contributed by atoms with Crippen molar-refractivity contribution in [2.24, 2.45) is 17.3 Å². The number of fused-ring (bicyclic) bond motifs is 5. The van der Waals surface area contributed by atoms with E-state index >= 15 is 0 Å². The number of rotatable bonds is 2. The summed E-state index contributed by atoms with van der Waals surface area (Å²) in [6.45, 7) is 4.47. The normalized spacial score (nSPS) is 35.9. The van der Waals surface area contributed by atoms with E-state index in [1.54, 1.807) is 0 Å². The van der Waals surface area contributed by atoms with E-state index in [-0.39, 0.29) is 5.41 Å². The van der Waals surface area contributed by atoms with Gasteiger partial charge < -0.3 is 10.2 Å². The summed E-state index contributed by atoms with van der Waals surface area (Å²) in [5, 5.41) is 21.7. The number of aliphatic hydroxyl groups is 1. The monoisotopic (exact) mass is 388 g/mol. The lowest BCUT2D eigenvalue weighted by molar-refractivity contribution is -0.0705. The first-order chi connectivity index (χ1) is 13.9. The molecule has 3 aliphatic rings. The third-order valence-corrected chi connectivity index (χ3v) is 8.65. The Bertz CT molecular complexity index is 961. The van der Waals surface area contributed by atoms with Crippen LogP contribution < -0.4 is 0 Å². The minimum atomic E-state index is -0.722. The summed E-state index contributed by atoms with van der Waals surface area (Å²) in [4.78, 5) is 0. The standard InChI is InChI=1S/C27H32O2/c1-18-5-3-4-6-19(18)11-15-27(29)16-13-25-24-9-7-20-17-21(28)8-10-22(20)23(24)12-14-26(25,27)2/h3-6,8,10-11,15,17,23-25,28-29H,7,9,12-14,16H2,1-2H3/t23-,24-,25+,26+,27-/m1/s1. The highest BCUT2D eigenvalue weighted by molar-refractivity contribution is 5.55. The highest BCUT2D eigenvalue weighted by Crippen LogP contribution is 2.64. The van der Waals surface area contributed by atoms with Crippen LogP contribution in [0.25, 0.3) is 6.08 Å².